The van der Waals surface area contributed by atoms with Gasteiger partial charge < -0.3 is 28.8 Å². The lowest BCUT2D eigenvalue weighted by Crippen LogP contribution is -2.58. The first kappa shape index (κ1) is 24.1. The zero-order valence-electron chi connectivity index (χ0n) is 20.2. The lowest BCUT2D eigenvalue weighted by atomic mass is 9.80. The van der Waals surface area contributed by atoms with Crippen molar-refractivity contribution in [2.45, 2.75) is 55.9 Å². The number of ether oxygens (including phenoxy) is 5. The monoisotopic (exact) mass is 476 g/mol. The molecule has 0 unspecified atom stereocenters. The Hall–Kier alpha value is -2.58. The zero-order chi connectivity index (χ0) is 24.5. The number of methoxy groups -OCH3 is 1. The van der Waals surface area contributed by atoms with E-state index in [4.69, 9.17) is 23.7 Å². The maximum absolute atomic E-state index is 10.8. The molecular formula is C29H32O6. The van der Waals surface area contributed by atoms with Gasteiger partial charge in [-0.1, -0.05) is 91.0 Å². The van der Waals surface area contributed by atoms with Crippen molar-refractivity contribution in [1.82, 2.24) is 0 Å². The van der Waals surface area contributed by atoms with Crippen molar-refractivity contribution in [1.29, 1.82) is 0 Å². The summed E-state index contributed by atoms with van der Waals surface area (Å²) in [6, 6.07) is 30.5. The topological polar surface area (TPSA) is 66.4 Å². The molecule has 2 aliphatic rings. The van der Waals surface area contributed by atoms with Crippen LogP contribution in [0.4, 0.5) is 0 Å². The molecule has 0 bridgehead atoms. The van der Waals surface area contributed by atoms with Crippen molar-refractivity contribution >= 4 is 0 Å². The molecule has 3 aromatic rings. The largest absolute Gasteiger partial charge is 0.385 e. The number of hydrogen-bond acceptors (Lipinski definition) is 6. The van der Waals surface area contributed by atoms with Crippen molar-refractivity contribution in [3.05, 3.63) is 108 Å². The molecule has 6 heteroatoms. The third-order valence-electron chi connectivity index (χ3n) is 6.69. The van der Waals surface area contributed by atoms with Crippen molar-refractivity contribution < 1.29 is 28.8 Å². The molecule has 1 N–H and O–H groups in total. The third-order valence-corrected chi connectivity index (χ3v) is 6.69. The van der Waals surface area contributed by atoms with E-state index in [-0.39, 0.29) is 6.61 Å². The molecule has 0 aliphatic carbocycles. The summed E-state index contributed by atoms with van der Waals surface area (Å²) in [4.78, 5) is 0. The SMILES string of the molecule is CO[C@H]1O[C@H](COC(c2ccccc2)(c2ccccc2)c2ccccc2)[C@H]2OC(C)(C)O[C@H]2[C@@H]1O. The molecule has 184 valence electrons. The summed E-state index contributed by atoms with van der Waals surface area (Å²) in [7, 11) is 1.51. The van der Waals surface area contributed by atoms with Gasteiger partial charge in [-0.3, -0.25) is 0 Å². The van der Waals surface area contributed by atoms with Crippen molar-refractivity contribution in [3.8, 4) is 0 Å². The van der Waals surface area contributed by atoms with Crippen LogP contribution in [0.3, 0.4) is 0 Å². The van der Waals surface area contributed by atoms with Gasteiger partial charge in [0.1, 0.15) is 30.0 Å². The van der Waals surface area contributed by atoms with Gasteiger partial charge in [0, 0.05) is 7.11 Å². The summed E-state index contributed by atoms with van der Waals surface area (Å²) in [6.07, 6.45) is -3.43. The number of hydrogen-bond donors (Lipinski definition) is 1. The lowest BCUT2D eigenvalue weighted by Gasteiger charge is -2.42. The van der Waals surface area contributed by atoms with E-state index in [2.05, 4.69) is 36.4 Å². The minimum absolute atomic E-state index is 0.186. The highest BCUT2D eigenvalue weighted by atomic mass is 16.8. The van der Waals surface area contributed by atoms with Crippen molar-refractivity contribution in [3.63, 3.8) is 0 Å². The minimum Gasteiger partial charge on any atom is -0.385 e. The van der Waals surface area contributed by atoms with Gasteiger partial charge in [-0.25, -0.2) is 0 Å². The Kier molecular flexibility index (Phi) is 6.77. The smallest absolute Gasteiger partial charge is 0.186 e. The second-order valence-electron chi connectivity index (χ2n) is 9.42. The van der Waals surface area contributed by atoms with Crippen LogP contribution in [0.25, 0.3) is 0 Å². The van der Waals surface area contributed by atoms with Crippen LogP contribution in [0.1, 0.15) is 30.5 Å². The first-order valence-corrected chi connectivity index (χ1v) is 12.0. The van der Waals surface area contributed by atoms with Crippen LogP contribution < -0.4 is 0 Å². The average molecular weight is 477 g/mol. The van der Waals surface area contributed by atoms with Gasteiger partial charge in [0.05, 0.1) is 6.61 Å². The summed E-state index contributed by atoms with van der Waals surface area (Å²) >= 11 is 0. The molecule has 5 rings (SSSR count). The molecule has 0 spiro atoms. The molecule has 2 aliphatic heterocycles. The van der Waals surface area contributed by atoms with Gasteiger partial charge in [-0.05, 0) is 30.5 Å². The van der Waals surface area contributed by atoms with E-state index in [1.54, 1.807) is 0 Å². The summed E-state index contributed by atoms with van der Waals surface area (Å²) in [5.41, 5.74) is 2.10. The lowest BCUT2D eigenvalue weighted by molar-refractivity contribution is -0.279. The van der Waals surface area contributed by atoms with E-state index >= 15 is 0 Å². The average Bonchev–Trinajstić information content (AvgIpc) is 3.23. The fourth-order valence-electron chi connectivity index (χ4n) is 5.16. The van der Waals surface area contributed by atoms with Crippen LogP contribution in [0.2, 0.25) is 0 Å². The van der Waals surface area contributed by atoms with Crippen LogP contribution in [-0.4, -0.2) is 55.3 Å². The molecular weight excluding hydrogens is 444 g/mol. The fourth-order valence-corrected chi connectivity index (χ4v) is 5.16. The van der Waals surface area contributed by atoms with E-state index in [1.165, 1.54) is 7.11 Å². The summed E-state index contributed by atoms with van der Waals surface area (Å²) in [5, 5.41) is 10.8. The summed E-state index contributed by atoms with van der Waals surface area (Å²) in [6.45, 7) is 3.85. The van der Waals surface area contributed by atoms with Gasteiger partial charge in [0.2, 0.25) is 0 Å². The molecule has 2 saturated heterocycles. The van der Waals surface area contributed by atoms with E-state index in [0.29, 0.717) is 0 Å². The maximum Gasteiger partial charge on any atom is 0.186 e. The molecule has 0 saturated carbocycles. The first-order chi connectivity index (χ1) is 16.9. The van der Waals surface area contributed by atoms with Crippen molar-refractivity contribution in [2.75, 3.05) is 13.7 Å². The number of aliphatic hydroxyl groups excluding tert-OH is 1. The Morgan fingerprint density at radius 3 is 1.69 bits per heavy atom. The standard InChI is InChI=1S/C29H32O6/c1-28(2)34-25-23(33-27(31-3)24(30)26(25)35-28)19-32-29(20-13-7-4-8-14-20,21-15-9-5-10-16-21)22-17-11-6-12-18-22/h4-18,23-27,30H,19H2,1-3H3/t23-,24+,25-,26+,27+/m1/s1. The molecule has 2 heterocycles. The van der Waals surface area contributed by atoms with Crippen LogP contribution in [0, 0.1) is 0 Å². The number of rotatable bonds is 7. The van der Waals surface area contributed by atoms with Crippen LogP contribution in [0.15, 0.2) is 91.0 Å². The molecule has 35 heavy (non-hydrogen) atoms. The Bertz CT molecular complexity index is 991. The fraction of sp³-hybridized carbons (Fsp3) is 0.379. The predicted octanol–water partition coefficient (Wildman–Crippen LogP) is 4.25. The molecule has 2 fully saturated rings. The maximum atomic E-state index is 10.8. The number of fused-ring (bicyclic) bond motifs is 1. The van der Waals surface area contributed by atoms with Crippen LogP contribution in [-0.2, 0) is 29.3 Å². The van der Waals surface area contributed by atoms with Gasteiger partial charge in [-0.2, -0.15) is 0 Å². The molecule has 0 amide bonds. The highest BCUT2D eigenvalue weighted by Gasteiger charge is 2.55. The Morgan fingerprint density at radius 1 is 0.771 bits per heavy atom. The van der Waals surface area contributed by atoms with E-state index in [1.807, 2.05) is 68.4 Å². The number of benzene rings is 3. The highest BCUT2D eigenvalue weighted by molar-refractivity contribution is 5.47. The normalized spacial score (nSPS) is 27.9. The summed E-state index contributed by atoms with van der Waals surface area (Å²) in [5.74, 6) is -0.851. The molecule has 5 atom stereocenters. The Labute approximate surface area is 206 Å². The molecule has 0 radical (unpaired) electrons. The van der Waals surface area contributed by atoms with Crippen LogP contribution >= 0.6 is 0 Å². The van der Waals surface area contributed by atoms with Gasteiger partial charge in [0.25, 0.3) is 0 Å². The van der Waals surface area contributed by atoms with E-state index in [9.17, 15) is 5.11 Å². The minimum atomic E-state index is -0.967. The third kappa shape index (κ3) is 4.54. The first-order valence-electron chi connectivity index (χ1n) is 12.0. The Balaban J connectivity index is 1.56. The molecule has 6 nitrogen and oxygen atoms in total. The molecule has 0 aromatic heterocycles. The van der Waals surface area contributed by atoms with E-state index in [0.717, 1.165) is 16.7 Å². The van der Waals surface area contributed by atoms with Gasteiger partial charge >= 0.3 is 0 Å². The van der Waals surface area contributed by atoms with Crippen molar-refractivity contribution in [2.24, 2.45) is 0 Å². The Morgan fingerprint density at radius 2 is 1.23 bits per heavy atom. The second-order valence-corrected chi connectivity index (χ2v) is 9.42. The second kappa shape index (κ2) is 9.82. The molecule has 3 aromatic carbocycles. The quantitative estimate of drug-likeness (QED) is 0.515. The van der Waals surface area contributed by atoms with Crippen LogP contribution in [0.5, 0.6) is 0 Å². The zero-order valence-corrected chi connectivity index (χ0v) is 20.2. The van der Waals surface area contributed by atoms with Gasteiger partial charge in [0.15, 0.2) is 12.1 Å². The summed E-state index contributed by atoms with van der Waals surface area (Å²) < 4.78 is 30.7. The van der Waals surface area contributed by atoms with E-state index < -0.39 is 42.1 Å². The number of aliphatic hydroxyl groups is 1. The highest BCUT2D eigenvalue weighted by Crippen LogP contribution is 2.43. The van der Waals surface area contributed by atoms with Gasteiger partial charge in [-0.15, -0.1) is 0 Å². The predicted molar refractivity (Wildman–Crippen MR) is 131 cm³/mol.